The van der Waals surface area contributed by atoms with E-state index in [1.807, 2.05) is 19.9 Å². The molecule has 2 unspecified atom stereocenters. The Balaban J connectivity index is 1.51. The van der Waals surface area contributed by atoms with Crippen molar-refractivity contribution < 1.29 is 18.8 Å². The number of anilines is 2. The first-order valence-corrected chi connectivity index (χ1v) is 9.03. The summed E-state index contributed by atoms with van der Waals surface area (Å²) in [4.78, 5) is 39.1. The summed E-state index contributed by atoms with van der Waals surface area (Å²) in [6, 6.07) is 9.06. The molecular weight excluding hydrogens is 377 g/mol. The van der Waals surface area contributed by atoms with E-state index in [0.717, 1.165) is 16.0 Å². The maximum atomic E-state index is 13.7. The summed E-state index contributed by atoms with van der Waals surface area (Å²) in [7, 11) is 0. The Morgan fingerprint density at radius 3 is 2.59 bits per heavy atom. The number of halogens is 1. The number of benzene rings is 2. The van der Waals surface area contributed by atoms with E-state index >= 15 is 0 Å². The third kappa shape index (κ3) is 3.24. The van der Waals surface area contributed by atoms with Gasteiger partial charge in [-0.3, -0.25) is 19.4 Å². The fraction of sp³-hybridized carbons (Fsp3) is 0.250. The molecule has 2 heterocycles. The highest BCUT2D eigenvalue weighted by atomic mass is 19.1. The molecule has 1 fully saturated rings. The fourth-order valence-electron chi connectivity index (χ4n) is 3.37. The largest absolute Gasteiger partial charge is 0.322 e. The molecule has 3 amide bonds. The number of nitrogens with zero attached hydrogens (tertiary/aromatic N) is 4. The molecule has 0 spiro atoms. The van der Waals surface area contributed by atoms with Crippen LogP contribution >= 0.6 is 0 Å². The van der Waals surface area contributed by atoms with Gasteiger partial charge in [-0.25, -0.2) is 9.29 Å². The topological polar surface area (TPSA) is 94.4 Å². The molecule has 2 atom stereocenters. The zero-order valence-corrected chi connectivity index (χ0v) is 15.8. The minimum Gasteiger partial charge on any atom is -0.322 e. The Morgan fingerprint density at radius 1 is 1.10 bits per heavy atom. The van der Waals surface area contributed by atoms with Gasteiger partial charge >= 0.3 is 0 Å². The second-order valence-electron chi connectivity index (χ2n) is 7.00. The van der Waals surface area contributed by atoms with Gasteiger partial charge in [0, 0.05) is 0 Å². The van der Waals surface area contributed by atoms with Crippen molar-refractivity contribution in [3.63, 3.8) is 0 Å². The standard InChI is InChI=1S/C20H18FN5O3/c1-11-7-8-13(9-12(11)2)26-19(28)17-18(20(26)29)25(24-23-17)10-16(27)22-15-6-4-3-5-14(15)21/h3-9,17-18H,10H2,1-2H3,(H,22,27). The number of rotatable bonds is 4. The second-order valence-corrected chi connectivity index (χ2v) is 7.00. The zero-order valence-electron chi connectivity index (χ0n) is 15.8. The lowest BCUT2D eigenvalue weighted by Crippen LogP contribution is -2.43. The fourth-order valence-corrected chi connectivity index (χ4v) is 3.37. The van der Waals surface area contributed by atoms with Gasteiger partial charge in [0.15, 0.2) is 12.1 Å². The monoisotopic (exact) mass is 395 g/mol. The van der Waals surface area contributed by atoms with E-state index in [4.69, 9.17) is 0 Å². The van der Waals surface area contributed by atoms with E-state index in [1.54, 1.807) is 18.2 Å². The van der Waals surface area contributed by atoms with Crippen LogP contribution in [-0.4, -0.2) is 41.4 Å². The zero-order chi connectivity index (χ0) is 20.7. The lowest BCUT2D eigenvalue weighted by Gasteiger charge is -2.20. The van der Waals surface area contributed by atoms with Gasteiger partial charge in [-0.15, -0.1) is 0 Å². The van der Waals surface area contributed by atoms with Crippen molar-refractivity contribution in [2.24, 2.45) is 10.3 Å². The summed E-state index contributed by atoms with van der Waals surface area (Å²) in [6.07, 6.45) is 0. The van der Waals surface area contributed by atoms with E-state index in [9.17, 15) is 18.8 Å². The van der Waals surface area contributed by atoms with Crippen LogP contribution in [0.3, 0.4) is 0 Å². The van der Waals surface area contributed by atoms with E-state index in [0.29, 0.717) is 5.69 Å². The number of hydrogen-bond donors (Lipinski definition) is 1. The molecule has 2 aromatic carbocycles. The highest BCUT2D eigenvalue weighted by Crippen LogP contribution is 2.32. The summed E-state index contributed by atoms with van der Waals surface area (Å²) in [6.45, 7) is 3.49. The second kappa shape index (κ2) is 7.08. The first-order valence-electron chi connectivity index (χ1n) is 9.03. The van der Waals surface area contributed by atoms with Crippen molar-refractivity contribution >= 4 is 29.1 Å². The van der Waals surface area contributed by atoms with Crippen LogP contribution < -0.4 is 10.2 Å². The van der Waals surface area contributed by atoms with Crippen LogP contribution in [0, 0.1) is 19.7 Å². The molecule has 8 nitrogen and oxygen atoms in total. The van der Waals surface area contributed by atoms with Crippen molar-refractivity contribution in [1.29, 1.82) is 0 Å². The van der Waals surface area contributed by atoms with Gasteiger partial charge in [0.1, 0.15) is 12.4 Å². The number of carbonyl (C=O) groups is 3. The van der Waals surface area contributed by atoms with Crippen molar-refractivity contribution in [3.8, 4) is 0 Å². The molecule has 0 saturated carbocycles. The lowest BCUT2D eigenvalue weighted by molar-refractivity contribution is -0.123. The summed E-state index contributed by atoms with van der Waals surface area (Å²) in [5.74, 6) is -2.12. The van der Waals surface area contributed by atoms with Crippen LogP contribution in [0.15, 0.2) is 52.8 Å². The Labute approximate surface area is 166 Å². The van der Waals surface area contributed by atoms with Crippen molar-refractivity contribution in [2.45, 2.75) is 25.9 Å². The summed E-state index contributed by atoms with van der Waals surface area (Å²) < 4.78 is 13.7. The van der Waals surface area contributed by atoms with Gasteiger partial charge in [0.2, 0.25) is 5.91 Å². The van der Waals surface area contributed by atoms with Crippen LogP contribution in [-0.2, 0) is 14.4 Å². The number of aryl methyl sites for hydroxylation is 2. The van der Waals surface area contributed by atoms with Gasteiger partial charge in [0.05, 0.1) is 11.4 Å². The molecule has 29 heavy (non-hydrogen) atoms. The van der Waals surface area contributed by atoms with Gasteiger partial charge in [0.25, 0.3) is 11.8 Å². The van der Waals surface area contributed by atoms with E-state index in [1.165, 1.54) is 23.2 Å². The van der Waals surface area contributed by atoms with Crippen LogP contribution in [0.1, 0.15) is 11.1 Å². The average molecular weight is 395 g/mol. The number of carbonyl (C=O) groups excluding carboxylic acids is 3. The third-order valence-electron chi connectivity index (χ3n) is 5.06. The molecule has 1 saturated heterocycles. The molecule has 9 heteroatoms. The molecule has 1 N–H and O–H groups in total. The maximum Gasteiger partial charge on any atom is 0.263 e. The Morgan fingerprint density at radius 2 is 1.86 bits per heavy atom. The molecule has 0 bridgehead atoms. The maximum absolute atomic E-state index is 13.7. The number of para-hydroxylation sites is 1. The van der Waals surface area contributed by atoms with Gasteiger partial charge in [-0.05, 0) is 49.2 Å². The molecule has 2 aliphatic rings. The average Bonchev–Trinajstić information content (AvgIpc) is 3.20. The summed E-state index contributed by atoms with van der Waals surface area (Å²) in [5, 5.41) is 11.3. The Hall–Kier alpha value is -3.62. The molecule has 4 rings (SSSR count). The molecule has 0 aliphatic carbocycles. The SMILES string of the molecule is Cc1ccc(N2C(=O)C3N=NN(CC(=O)Nc4ccccc4F)C3C2=O)cc1C. The molecular formula is C20H18FN5O3. The van der Waals surface area contributed by atoms with Crippen LogP contribution in [0.4, 0.5) is 15.8 Å². The number of fused-ring (bicyclic) bond motifs is 1. The smallest absolute Gasteiger partial charge is 0.263 e. The predicted molar refractivity (Wildman–Crippen MR) is 103 cm³/mol. The minimum atomic E-state index is -0.995. The molecule has 0 aromatic heterocycles. The van der Waals surface area contributed by atoms with E-state index in [2.05, 4.69) is 15.7 Å². The highest BCUT2D eigenvalue weighted by molar-refractivity contribution is 6.25. The molecule has 0 radical (unpaired) electrons. The number of amides is 3. The van der Waals surface area contributed by atoms with Crippen molar-refractivity contribution in [3.05, 3.63) is 59.4 Å². The predicted octanol–water partition coefficient (Wildman–Crippen LogP) is 2.37. The molecule has 148 valence electrons. The van der Waals surface area contributed by atoms with Crippen molar-refractivity contribution in [1.82, 2.24) is 5.01 Å². The summed E-state index contributed by atoms with van der Waals surface area (Å²) >= 11 is 0. The van der Waals surface area contributed by atoms with Crippen LogP contribution in [0.2, 0.25) is 0 Å². The van der Waals surface area contributed by atoms with Gasteiger partial charge < -0.3 is 5.32 Å². The quantitative estimate of drug-likeness (QED) is 0.804. The molecule has 2 aliphatic heterocycles. The summed E-state index contributed by atoms with van der Waals surface area (Å²) in [5.41, 5.74) is 2.47. The Kier molecular flexibility index (Phi) is 4.57. The highest BCUT2D eigenvalue weighted by Gasteiger charge is 2.55. The molecule has 2 aromatic rings. The first-order chi connectivity index (χ1) is 13.9. The lowest BCUT2D eigenvalue weighted by atomic mass is 10.1. The number of hydrogen-bond acceptors (Lipinski definition) is 6. The normalized spacial score (nSPS) is 20.4. The minimum absolute atomic E-state index is 0.0239. The van der Waals surface area contributed by atoms with Crippen LogP contribution in [0.25, 0.3) is 0 Å². The number of nitrogens with one attached hydrogen (secondary N) is 1. The van der Waals surface area contributed by atoms with Crippen LogP contribution in [0.5, 0.6) is 0 Å². The van der Waals surface area contributed by atoms with Crippen molar-refractivity contribution in [2.75, 3.05) is 16.8 Å². The van der Waals surface area contributed by atoms with E-state index < -0.39 is 35.6 Å². The number of imide groups is 1. The third-order valence-corrected chi connectivity index (χ3v) is 5.06. The van der Waals surface area contributed by atoms with Gasteiger partial charge in [-0.2, -0.15) is 5.11 Å². The van der Waals surface area contributed by atoms with E-state index in [-0.39, 0.29) is 12.2 Å². The Bertz CT molecular complexity index is 1050. The van der Waals surface area contributed by atoms with Gasteiger partial charge in [-0.1, -0.05) is 23.4 Å². The first kappa shape index (κ1) is 18.7.